The average molecular weight is 165 g/mol. The van der Waals surface area contributed by atoms with Gasteiger partial charge in [0.2, 0.25) is 0 Å². The van der Waals surface area contributed by atoms with Crippen molar-refractivity contribution in [2.45, 2.75) is 6.54 Å². The molecule has 0 unspecified atom stereocenters. The Morgan fingerprint density at radius 1 is 1.67 bits per heavy atom. The summed E-state index contributed by atoms with van der Waals surface area (Å²) < 4.78 is 1.65. The second kappa shape index (κ2) is 3.08. The monoisotopic (exact) mass is 164 g/mol. The summed E-state index contributed by atoms with van der Waals surface area (Å²) in [5.41, 5.74) is 0. The third kappa shape index (κ3) is 1.60. The molecule has 0 N–H and O–H groups in total. The molecule has 0 aliphatic heterocycles. The van der Waals surface area contributed by atoms with Crippen LogP contribution >= 0.6 is 23.2 Å². The molecule has 9 heavy (non-hydrogen) atoms. The van der Waals surface area contributed by atoms with Crippen LogP contribution in [0, 0.1) is 0 Å². The van der Waals surface area contributed by atoms with Gasteiger partial charge in [0.25, 0.3) is 0 Å². The van der Waals surface area contributed by atoms with Gasteiger partial charge >= 0.3 is 0 Å². The number of aryl methyl sites for hydroxylation is 1. The van der Waals surface area contributed by atoms with E-state index in [-0.39, 0.29) is 0 Å². The topological polar surface area (TPSA) is 17.8 Å². The van der Waals surface area contributed by atoms with Crippen LogP contribution in [0.5, 0.6) is 0 Å². The molecule has 0 saturated heterocycles. The van der Waals surface area contributed by atoms with Gasteiger partial charge in [-0.15, -0.1) is 11.6 Å². The molecular weight excluding hydrogens is 159 g/mol. The first-order valence-electron chi connectivity index (χ1n) is 2.58. The molecule has 2 nitrogen and oxygen atoms in total. The highest BCUT2D eigenvalue weighted by molar-refractivity contribution is 6.29. The van der Waals surface area contributed by atoms with E-state index in [0.29, 0.717) is 17.6 Å². The van der Waals surface area contributed by atoms with Gasteiger partial charge in [0.15, 0.2) is 0 Å². The van der Waals surface area contributed by atoms with E-state index in [1.54, 1.807) is 16.9 Å². The van der Waals surface area contributed by atoms with Gasteiger partial charge in [-0.3, -0.25) is 4.68 Å². The van der Waals surface area contributed by atoms with E-state index in [1.807, 2.05) is 0 Å². The minimum atomic E-state index is 0.543. The highest BCUT2D eigenvalue weighted by atomic mass is 35.5. The molecule has 0 bridgehead atoms. The zero-order valence-electron chi connectivity index (χ0n) is 4.72. The van der Waals surface area contributed by atoms with Gasteiger partial charge in [0, 0.05) is 5.88 Å². The molecule has 0 radical (unpaired) electrons. The van der Waals surface area contributed by atoms with Crippen LogP contribution in [0.4, 0.5) is 0 Å². The summed E-state index contributed by atoms with van der Waals surface area (Å²) >= 11 is 11.1. The standard InChI is InChI=1S/C5H6Cl2N2/c6-2-4-9-5(7)1-3-8-9/h1,3H,2,4H2. The predicted molar refractivity (Wildman–Crippen MR) is 38.0 cm³/mol. The fraction of sp³-hybridized carbons (Fsp3) is 0.400. The van der Waals surface area contributed by atoms with Gasteiger partial charge in [-0.25, -0.2) is 0 Å². The number of halogens is 2. The van der Waals surface area contributed by atoms with E-state index >= 15 is 0 Å². The Bertz CT molecular complexity index is 185. The van der Waals surface area contributed by atoms with Crippen LogP contribution in [0.3, 0.4) is 0 Å². The quantitative estimate of drug-likeness (QED) is 0.610. The summed E-state index contributed by atoms with van der Waals surface area (Å²) in [7, 11) is 0. The van der Waals surface area contributed by atoms with E-state index in [9.17, 15) is 0 Å². The molecule has 0 amide bonds. The van der Waals surface area contributed by atoms with Crippen molar-refractivity contribution in [3.05, 3.63) is 17.4 Å². The number of rotatable bonds is 2. The Balaban J connectivity index is 2.69. The summed E-state index contributed by atoms with van der Waals surface area (Å²) in [4.78, 5) is 0. The number of hydrogen-bond acceptors (Lipinski definition) is 1. The predicted octanol–water partition coefficient (Wildman–Crippen LogP) is 1.78. The summed E-state index contributed by atoms with van der Waals surface area (Å²) in [6, 6.07) is 1.73. The molecule has 0 aromatic carbocycles. The number of hydrogen-bond donors (Lipinski definition) is 0. The van der Waals surface area contributed by atoms with Crippen molar-refractivity contribution < 1.29 is 0 Å². The van der Waals surface area contributed by atoms with Gasteiger partial charge in [0.05, 0.1) is 12.7 Å². The number of nitrogens with zero attached hydrogens (tertiary/aromatic N) is 2. The van der Waals surface area contributed by atoms with Gasteiger partial charge in [-0.05, 0) is 6.07 Å². The third-order valence-electron chi connectivity index (χ3n) is 0.961. The minimum Gasteiger partial charge on any atom is -0.253 e. The zero-order chi connectivity index (χ0) is 6.69. The molecule has 1 aromatic heterocycles. The fourth-order valence-electron chi connectivity index (χ4n) is 0.561. The first-order valence-corrected chi connectivity index (χ1v) is 3.49. The van der Waals surface area contributed by atoms with E-state index in [1.165, 1.54) is 0 Å². The van der Waals surface area contributed by atoms with Crippen molar-refractivity contribution in [1.29, 1.82) is 0 Å². The van der Waals surface area contributed by atoms with Crippen molar-refractivity contribution in [1.82, 2.24) is 9.78 Å². The lowest BCUT2D eigenvalue weighted by Gasteiger charge is -1.95. The molecule has 4 heteroatoms. The largest absolute Gasteiger partial charge is 0.253 e. The van der Waals surface area contributed by atoms with Crippen LogP contribution in [-0.4, -0.2) is 15.7 Å². The summed E-state index contributed by atoms with van der Waals surface area (Å²) in [5.74, 6) is 0.543. The molecule has 0 aliphatic carbocycles. The van der Waals surface area contributed by atoms with Crippen molar-refractivity contribution in [2.75, 3.05) is 5.88 Å². The molecule has 50 valence electrons. The highest BCUT2D eigenvalue weighted by Crippen LogP contribution is 2.05. The molecule has 1 aromatic rings. The Hall–Kier alpha value is -0.210. The maximum atomic E-state index is 5.66. The van der Waals surface area contributed by atoms with Gasteiger partial charge in [-0.1, -0.05) is 11.6 Å². The maximum absolute atomic E-state index is 5.66. The Kier molecular flexibility index (Phi) is 2.37. The second-order valence-electron chi connectivity index (χ2n) is 1.57. The lowest BCUT2D eigenvalue weighted by atomic mass is 10.7. The Labute approximate surface area is 63.4 Å². The highest BCUT2D eigenvalue weighted by Gasteiger charge is 1.94. The lowest BCUT2D eigenvalue weighted by molar-refractivity contribution is 0.665. The summed E-state index contributed by atoms with van der Waals surface area (Å²) in [5, 5.41) is 4.54. The Morgan fingerprint density at radius 3 is 2.89 bits per heavy atom. The maximum Gasteiger partial charge on any atom is 0.127 e. The number of aromatic nitrogens is 2. The average Bonchev–Trinajstić information content (AvgIpc) is 2.18. The third-order valence-corrected chi connectivity index (χ3v) is 1.45. The van der Waals surface area contributed by atoms with Gasteiger partial charge < -0.3 is 0 Å². The first-order chi connectivity index (χ1) is 4.34. The van der Waals surface area contributed by atoms with Crippen molar-refractivity contribution in [2.24, 2.45) is 0 Å². The summed E-state index contributed by atoms with van der Waals surface area (Å²) in [6.07, 6.45) is 1.65. The zero-order valence-corrected chi connectivity index (χ0v) is 6.23. The SMILES string of the molecule is ClCCn1nccc1Cl. The van der Waals surface area contributed by atoms with E-state index in [2.05, 4.69) is 5.10 Å². The smallest absolute Gasteiger partial charge is 0.127 e. The Morgan fingerprint density at radius 2 is 2.44 bits per heavy atom. The van der Waals surface area contributed by atoms with Crippen molar-refractivity contribution >= 4 is 23.2 Å². The fourth-order valence-corrected chi connectivity index (χ4v) is 0.906. The van der Waals surface area contributed by atoms with Gasteiger partial charge in [0.1, 0.15) is 5.15 Å². The van der Waals surface area contributed by atoms with Crippen LogP contribution in [-0.2, 0) is 6.54 Å². The molecule has 1 rings (SSSR count). The van der Waals surface area contributed by atoms with Crippen LogP contribution in [0.25, 0.3) is 0 Å². The van der Waals surface area contributed by atoms with Crippen LogP contribution in [0.1, 0.15) is 0 Å². The molecule has 0 fully saturated rings. The van der Waals surface area contributed by atoms with Crippen molar-refractivity contribution in [3.8, 4) is 0 Å². The molecule has 0 saturated carbocycles. The second-order valence-corrected chi connectivity index (χ2v) is 2.33. The van der Waals surface area contributed by atoms with Gasteiger partial charge in [-0.2, -0.15) is 5.10 Å². The molecule has 0 aliphatic rings. The summed E-state index contributed by atoms with van der Waals surface area (Å²) in [6.45, 7) is 0.674. The normalized spacial score (nSPS) is 10.0. The van der Waals surface area contributed by atoms with E-state index in [0.717, 1.165) is 0 Å². The van der Waals surface area contributed by atoms with E-state index < -0.39 is 0 Å². The molecular formula is C5H6Cl2N2. The minimum absolute atomic E-state index is 0.543. The molecule has 1 heterocycles. The molecule has 0 atom stereocenters. The van der Waals surface area contributed by atoms with Crippen molar-refractivity contribution in [3.63, 3.8) is 0 Å². The van der Waals surface area contributed by atoms with E-state index in [4.69, 9.17) is 23.2 Å². The lowest BCUT2D eigenvalue weighted by Crippen LogP contribution is -2.00. The molecule has 0 spiro atoms. The van der Waals surface area contributed by atoms with Crippen LogP contribution in [0.2, 0.25) is 5.15 Å². The van der Waals surface area contributed by atoms with Crippen LogP contribution < -0.4 is 0 Å². The number of alkyl halides is 1. The first kappa shape index (κ1) is 6.90. The van der Waals surface area contributed by atoms with Crippen LogP contribution in [0.15, 0.2) is 12.3 Å².